The molecule has 0 radical (unpaired) electrons. The van der Waals surface area contributed by atoms with Crippen molar-refractivity contribution in [3.8, 4) is 5.75 Å². The minimum absolute atomic E-state index is 0.188. The molecule has 7 heterocycles. The molecule has 0 amide bonds. The lowest BCUT2D eigenvalue weighted by Gasteiger charge is -2.63. The highest BCUT2D eigenvalue weighted by atomic mass is 16.6. The van der Waals surface area contributed by atoms with Crippen molar-refractivity contribution in [3.05, 3.63) is 76.1 Å². The number of carbonyl (C=O) groups is 3. The SMILES string of the molecule is CC[C@]12C[N+]3([O-])CCc4c([nH]c5ccccc45)[C@@](OC(C)=O)(c4cc5c(cc4OC)N(C)C4C56CCN5CC=C[C@](CC)([C@H]56)[C@@H](OC(C)=O)[C@]4(O)C(=O)OC)C[C@H](C3)[C@H]1O2. The largest absolute Gasteiger partial charge is 0.633 e. The number of ether oxygens (including phenoxy) is 5. The number of hydroxylamine groups is 3. The number of hydrogen-bond donors (Lipinski definition) is 2. The summed E-state index contributed by atoms with van der Waals surface area (Å²) in [5.74, 6) is -1.83. The number of H-pyrrole nitrogens is 1. The van der Waals surface area contributed by atoms with Gasteiger partial charge in [-0.25, -0.2) is 4.79 Å². The van der Waals surface area contributed by atoms with E-state index in [-0.39, 0.29) is 24.5 Å². The van der Waals surface area contributed by atoms with Crippen molar-refractivity contribution in [2.24, 2.45) is 11.3 Å². The quantitative estimate of drug-likeness (QED) is 0.0865. The molecular formula is C46H56N4O10. The van der Waals surface area contributed by atoms with E-state index in [1.807, 2.05) is 61.4 Å². The van der Waals surface area contributed by atoms with E-state index in [4.69, 9.17) is 23.7 Å². The number of quaternary nitrogens is 1. The van der Waals surface area contributed by atoms with Crippen molar-refractivity contribution >= 4 is 34.5 Å². The molecule has 1 aromatic heterocycles. The number of carbonyl (C=O) groups excluding carboxylic acids is 3. The summed E-state index contributed by atoms with van der Waals surface area (Å²) < 4.78 is 31.0. The van der Waals surface area contributed by atoms with Gasteiger partial charge in [0.05, 0.1) is 39.0 Å². The number of nitrogens with one attached hydrogen (secondary N) is 1. The number of anilines is 1. The van der Waals surface area contributed by atoms with E-state index in [0.29, 0.717) is 75.4 Å². The molecule has 1 aliphatic carbocycles. The van der Waals surface area contributed by atoms with Crippen molar-refractivity contribution < 1.29 is 47.8 Å². The van der Waals surface area contributed by atoms with E-state index in [9.17, 15) is 24.7 Å². The molecule has 3 saturated heterocycles. The maximum absolute atomic E-state index is 14.9. The number of benzene rings is 2. The molecule has 3 aromatic rings. The lowest BCUT2D eigenvalue weighted by molar-refractivity contribution is -0.890. The van der Waals surface area contributed by atoms with Gasteiger partial charge < -0.3 is 48.5 Å². The fourth-order valence-electron chi connectivity index (χ4n) is 14.0. The lowest BCUT2D eigenvalue weighted by atomic mass is 9.47. The molecule has 2 N–H and O–H groups in total. The van der Waals surface area contributed by atoms with Crippen LogP contribution >= 0.6 is 0 Å². The van der Waals surface area contributed by atoms with E-state index in [1.54, 1.807) is 7.11 Å². The smallest absolute Gasteiger partial charge is 0.344 e. The number of aromatic amines is 1. The number of hydrogen-bond acceptors (Lipinski definition) is 12. The highest BCUT2D eigenvalue weighted by Crippen LogP contribution is 2.68. The van der Waals surface area contributed by atoms with Gasteiger partial charge in [0.2, 0.25) is 5.60 Å². The summed E-state index contributed by atoms with van der Waals surface area (Å²) in [7, 11) is 4.70. The van der Waals surface area contributed by atoms with E-state index in [1.165, 1.54) is 21.0 Å². The van der Waals surface area contributed by atoms with E-state index < -0.39 is 62.3 Å². The van der Waals surface area contributed by atoms with Crippen molar-refractivity contribution in [2.45, 2.75) is 106 Å². The Balaban J connectivity index is 1.28. The van der Waals surface area contributed by atoms with Crippen LogP contribution in [0.25, 0.3) is 10.9 Å². The Morgan fingerprint density at radius 1 is 1.07 bits per heavy atom. The standard InChI is InChI=1S/C46H56N4O10/c1-8-42-16-12-18-49-19-17-44(38(42)49)31-21-32(35(56-6)22-34(31)48(5)39(44)46(54,41(53)57-7)40(42)58-26(3)51)45(59-27(4)52)23-28-24-50(55,25-43(9-2)37(28)60-43)20-15-30-29-13-10-11-14-33(29)47-36(30)45/h10-14,16,21-22,28,37-40,47,54H,8-9,15,17-20,23-25H2,1-7H3/t28-,37-,38+,39?,40-,42-,43+,44?,45+,46+,50?/m1/s1. The normalized spacial score (nSPS) is 39.5. The fraction of sp³-hybridized carbons (Fsp3) is 0.587. The molecule has 1 saturated carbocycles. The molecule has 10 rings (SSSR count). The number of nitrogens with zero attached hydrogens (tertiary/aromatic N) is 3. The van der Waals surface area contributed by atoms with Crippen molar-refractivity contribution in [1.82, 2.24) is 9.88 Å². The van der Waals surface area contributed by atoms with Gasteiger partial charge in [-0.2, -0.15) is 0 Å². The summed E-state index contributed by atoms with van der Waals surface area (Å²) in [4.78, 5) is 49.3. The van der Waals surface area contributed by atoms with Gasteiger partial charge in [-0.3, -0.25) is 14.5 Å². The first-order valence-electron chi connectivity index (χ1n) is 21.5. The van der Waals surface area contributed by atoms with Crippen molar-refractivity contribution in [3.63, 3.8) is 0 Å². The van der Waals surface area contributed by atoms with E-state index in [2.05, 4.69) is 22.9 Å². The Hall–Kier alpha value is -4.47. The molecule has 7 aliphatic rings. The van der Waals surface area contributed by atoms with E-state index in [0.717, 1.165) is 27.7 Å². The molecule has 14 heteroatoms. The Morgan fingerprint density at radius 2 is 1.85 bits per heavy atom. The maximum Gasteiger partial charge on any atom is 0.344 e. The number of aliphatic hydroxyl groups is 1. The number of para-hydroxylation sites is 1. The number of epoxide rings is 1. The van der Waals surface area contributed by atoms with Crippen LogP contribution in [0.15, 0.2) is 48.6 Å². The summed E-state index contributed by atoms with van der Waals surface area (Å²) in [5.41, 5.74) is -1.60. The van der Waals surface area contributed by atoms with Gasteiger partial charge >= 0.3 is 17.9 Å². The van der Waals surface area contributed by atoms with Crippen LogP contribution in [0.1, 0.15) is 75.8 Å². The first kappa shape index (κ1) is 39.7. The van der Waals surface area contributed by atoms with Crippen molar-refractivity contribution in [1.29, 1.82) is 0 Å². The second kappa shape index (κ2) is 13.0. The van der Waals surface area contributed by atoms with Gasteiger partial charge in [-0.05, 0) is 49.1 Å². The molecule has 60 heavy (non-hydrogen) atoms. The minimum Gasteiger partial charge on any atom is -0.633 e. The topological polar surface area (TPSA) is 166 Å². The van der Waals surface area contributed by atoms with Gasteiger partial charge in [-0.15, -0.1) is 0 Å². The van der Waals surface area contributed by atoms with Gasteiger partial charge in [0, 0.05) is 91.3 Å². The lowest BCUT2D eigenvalue weighted by Crippen LogP contribution is -2.81. The van der Waals surface area contributed by atoms with Crippen LogP contribution in [-0.4, -0.2) is 127 Å². The summed E-state index contributed by atoms with van der Waals surface area (Å²) in [6.45, 7) is 9.12. The molecule has 4 fully saturated rings. The van der Waals surface area contributed by atoms with Crippen LogP contribution in [0.5, 0.6) is 5.75 Å². The average Bonchev–Trinajstić information content (AvgIpc) is 3.49. The van der Waals surface area contributed by atoms with Crippen LogP contribution in [0.3, 0.4) is 0 Å². The molecule has 2 aromatic carbocycles. The van der Waals surface area contributed by atoms with Crippen LogP contribution in [0, 0.1) is 16.5 Å². The van der Waals surface area contributed by atoms with Crippen molar-refractivity contribution in [2.75, 3.05) is 58.9 Å². The third-order valence-electron chi connectivity index (χ3n) is 16.0. The summed E-state index contributed by atoms with van der Waals surface area (Å²) >= 11 is 0. The Bertz CT molecular complexity index is 2360. The summed E-state index contributed by atoms with van der Waals surface area (Å²) in [5, 5.41) is 29.2. The number of aromatic nitrogens is 1. The third-order valence-corrected chi connectivity index (χ3v) is 16.0. The molecule has 11 atom stereocenters. The first-order valence-corrected chi connectivity index (χ1v) is 21.5. The highest BCUT2D eigenvalue weighted by Gasteiger charge is 2.80. The van der Waals surface area contributed by atoms with Crippen LogP contribution in [0.2, 0.25) is 0 Å². The molecular weight excluding hydrogens is 769 g/mol. The molecule has 6 aliphatic heterocycles. The zero-order valence-electron chi connectivity index (χ0n) is 35.5. The molecule has 14 nitrogen and oxygen atoms in total. The fourth-order valence-corrected chi connectivity index (χ4v) is 14.0. The summed E-state index contributed by atoms with van der Waals surface area (Å²) in [6.07, 6.45) is 5.04. The maximum atomic E-state index is 14.9. The monoisotopic (exact) mass is 824 g/mol. The minimum atomic E-state index is -2.31. The second-order valence-corrected chi connectivity index (χ2v) is 18.7. The van der Waals surface area contributed by atoms with Crippen LogP contribution in [-0.2, 0) is 50.8 Å². The zero-order chi connectivity index (χ0) is 42.4. The Morgan fingerprint density at radius 3 is 2.55 bits per heavy atom. The summed E-state index contributed by atoms with van der Waals surface area (Å²) in [6, 6.07) is 10.8. The molecule has 320 valence electrons. The number of likely N-dealkylation sites (N-methyl/N-ethyl adjacent to an activating group) is 1. The van der Waals surface area contributed by atoms with Gasteiger partial charge in [0.15, 0.2) is 11.7 Å². The molecule has 3 unspecified atom stereocenters. The first-order chi connectivity index (χ1) is 28.6. The number of fused-ring (bicyclic) bond motifs is 8. The third kappa shape index (κ3) is 4.91. The second-order valence-electron chi connectivity index (χ2n) is 18.7. The number of rotatable bonds is 7. The predicted octanol–water partition coefficient (Wildman–Crippen LogP) is 4.37. The number of piperidine rings is 1. The van der Waals surface area contributed by atoms with E-state index >= 15 is 0 Å². The zero-order valence-corrected chi connectivity index (χ0v) is 35.5. The Kier molecular flexibility index (Phi) is 8.61. The van der Waals surface area contributed by atoms with Gasteiger partial charge in [0.1, 0.15) is 24.0 Å². The highest BCUT2D eigenvalue weighted by molar-refractivity contribution is 5.88. The Labute approximate surface area is 349 Å². The number of methoxy groups -OCH3 is 2. The van der Waals surface area contributed by atoms with Crippen LogP contribution in [0.4, 0.5) is 5.69 Å². The van der Waals surface area contributed by atoms with Gasteiger partial charge in [0.25, 0.3) is 0 Å². The molecule has 1 spiro atoms. The predicted molar refractivity (Wildman–Crippen MR) is 220 cm³/mol. The number of esters is 3. The van der Waals surface area contributed by atoms with Gasteiger partial charge in [-0.1, -0.05) is 44.2 Å². The van der Waals surface area contributed by atoms with Crippen LogP contribution < -0.4 is 9.64 Å². The molecule has 2 bridgehead atoms. The average molecular weight is 825 g/mol.